The van der Waals surface area contributed by atoms with Crippen LogP contribution in [0.1, 0.15) is 41.2 Å². The van der Waals surface area contributed by atoms with Gasteiger partial charge in [0.05, 0.1) is 11.1 Å². The van der Waals surface area contributed by atoms with Gasteiger partial charge in [0.15, 0.2) is 0 Å². The number of hydrogen-bond donors (Lipinski definition) is 0. The van der Waals surface area contributed by atoms with Crippen LogP contribution >= 0.6 is 11.6 Å². The molecule has 0 aromatic heterocycles. The molecule has 0 spiro atoms. The minimum Gasteiger partial charge on any atom is -0.489 e. The summed E-state index contributed by atoms with van der Waals surface area (Å²) in [6.07, 6.45) is -4.89. The van der Waals surface area contributed by atoms with E-state index >= 15 is 0 Å². The highest BCUT2D eigenvalue weighted by atomic mass is 35.5. The Labute approximate surface area is 202 Å². The van der Waals surface area contributed by atoms with Crippen molar-refractivity contribution in [2.24, 2.45) is 0 Å². The van der Waals surface area contributed by atoms with Crippen molar-refractivity contribution in [3.05, 3.63) is 82.1 Å². The fourth-order valence-corrected chi connectivity index (χ4v) is 4.47. The maximum Gasteiger partial charge on any atom is 0.416 e. The van der Waals surface area contributed by atoms with Gasteiger partial charge in [-0.05, 0) is 90.2 Å². The second kappa shape index (κ2) is 9.26. The molecular formula is C25H20ClF6NO2. The molecule has 3 nitrogen and oxygen atoms in total. The normalized spacial score (nSPS) is 17.8. The molecule has 1 aliphatic carbocycles. The van der Waals surface area contributed by atoms with Gasteiger partial charge in [-0.1, -0.05) is 12.1 Å². The topological polar surface area (TPSA) is 29.5 Å². The van der Waals surface area contributed by atoms with Crippen molar-refractivity contribution >= 4 is 22.4 Å². The summed E-state index contributed by atoms with van der Waals surface area (Å²) in [7, 11) is 0. The third kappa shape index (κ3) is 5.34. The Bertz CT molecular complexity index is 1220. The van der Waals surface area contributed by atoms with E-state index in [1.165, 1.54) is 0 Å². The van der Waals surface area contributed by atoms with E-state index in [0.29, 0.717) is 24.8 Å². The van der Waals surface area contributed by atoms with Gasteiger partial charge in [-0.25, -0.2) is 0 Å². The molecule has 2 aliphatic rings. The molecule has 0 radical (unpaired) electrons. The molecule has 4 rings (SSSR count). The molecule has 0 bridgehead atoms. The van der Waals surface area contributed by atoms with Crippen LogP contribution < -0.4 is 4.74 Å². The number of hydrogen-bond acceptors (Lipinski definition) is 3. The summed E-state index contributed by atoms with van der Waals surface area (Å²) in [4.78, 5) is 13.3. The minimum absolute atomic E-state index is 0.108. The molecule has 35 heavy (non-hydrogen) atoms. The van der Waals surface area contributed by atoms with E-state index in [9.17, 15) is 31.1 Å². The number of alkyl halides is 6. The standard InChI is InChI=1S/C25H20ClF6NO2/c1-14-16(12-33-9-8-22(33)23(26)34)3-2-15-10-19(6-7-20(14)15)35-13-17-4-5-18(24(27,28)29)11-21(17)25(30,31)32/h4-11,22H,2-3,12-13H2,1H3. The first-order valence-electron chi connectivity index (χ1n) is 10.7. The van der Waals surface area contributed by atoms with Crippen LogP contribution in [0.25, 0.3) is 5.57 Å². The SMILES string of the molecule is CC1=C(CN2C=CC2C(=O)Cl)CCc2cc(OCc3ccc(C(F)(F)F)cc3C(F)(F)F)ccc21. The highest BCUT2D eigenvalue weighted by molar-refractivity contribution is 6.65. The molecule has 1 aliphatic heterocycles. The Morgan fingerprint density at radius 2 is 1.80 bits per heavy atom. The van der Waals surface area contributed by atoms with Crippen molar-refractivity contribution < 1.29 is 35.9 Å². The smallest absolute Gasteiger partial charge is 0.416 e. The van der Waals surface area contributed by atoms with Crippen LogP contribution in [-0.2, 0) is 30.2 Å². The summed E-state index contributed by atoms with van der Waals surface area (Å²) in [6, 6.07) is 6.27. The summed E-state index contributed by atoms with van der Waals surface area (Å²) in [5.41, 5.74) is 1.00. The van der Waals surface area contributed by atoms with E-state index in [-0.39, 0.29) is 11.6 Å². The number of aryl methyl sites for hydroxylation is 1. The second-order valence-corrected chi connectivity index (χ2v) is 8.84. The molecule has 1 heterocycles. The van der Waals surface area contributed by atoms with Crippen LogP contribution in [0, 0.1) is 0 Å². The van der Waals surface area contributed by atoms with E-state index in [2.05, 4.69) is 0 Å². The number of fused-ring (bicyclic) bond motifs is 1. The van der Waals surface area contributed by atoms with Gasteiger partial charge < -0.3 is 9.64 Å². The number of nitrogens with zero attached hydrogens (tertiary/aromatic N) is 1. The summed E-state index contributed by atoms with van der Waals surface area (Å²) in [5.74, 6) is 0.325. The minimum atomic E-state index is -4.95. The first-order valence-corrected chi connectivity index (χ1v) is 11.1. The number of carbonyl (C=O) groups is 1. The molecule has 186 valence electrons. The third-order valence-electron chi connectivity index (χ3n) is 6.27. The van der Waals surface area contributed by atoms with Crippen molar-refractivity contribution in [2.45, 2.75) is 44.8 Å². The average Bonchev–Trinajstić information content (AvgIpc) is 2.74. The monoisotopic (exact) mass is 515 g/mol. The van der Waals surface area contributed by atoms with Crippen molar-refractivity contribution in [1.82, 2.24) is 4.90 Å². The molecule has 0 amide bonds. The summed E-state index contributed by atoms with van der Waals surface area (Å²) in [5, 5.41) is -0.439. The Balaban J connectivity index is 1.50. The predicted octanol–water partition coefficient (Wildman–Crippen LogP) is 6.99. The van der Waals surface area contributed by atoms with E-state index in [4.69, 9.17) is 16.3 Å². The van der Waals surface area contributed by atoms with Crippen molar-refractivity contribution in [1.29, 1.82) is 0 Å². The van der Waals surface area contributed by atoms with Crippen molar-refractivity contribution in [2.75, 3.05) is 6.54 Å². The average molecular weight is 516 g/mol. The van der Waals surface area contributed by atoms with Crippen LogP contribution in [0.3, 0.4) is 0 Å². The van der Waals surface area contributed by atoms with Gasteiger partial charge in [0.2, 0.25) is 5.24 Å². The maximum atomic E-state index is 13.4. The van der Waals surface area contributed by atoms with Crippen LogP contribution in [0.15, 0.2) is 54.2 Å². The first kappa shape index (κ1) is 25.2. The molecule has 0 N–H and O–H groups in total. The number of halogens is 7. The lowest BCUT2D eigenvalue weighted by Crippen LogP contribution is -2.42. The van der Waals surface area contributed by atoms with Gasteiger partial charge in [-0.15, -0.1) is 0 Å². The first-order chi connectivity index (χ1) is 16.3. The zero-order valence-corrected chi connectivity index (χ0v) is 19.2. The number of rotatable bonds is 6. The summed E-state index contributed by atoms with van der Waals surface area (Å²) < 4.78 is 84.3. The van der Waals surface area contributed by atoms with Gasteiger partial charge in [0, 0.05) is 12.1 Å². The highest BCUT2D eigenvalue weighted by Crippen LogP contribution is 2.38. The van der Waals surface area contributed by atoms with E-state index in [1.54, 1.807) is 18.2 Å². The third-order valence-corrected chi connectivity index (χ3v) is 6.49. The van der Waals surface area contributed by atoms with Crippen molar-refractivity contribution in [3.63, 3.8) is 0 Å². The maximum absolute atomic E-state index is 13.4. The predicted molar refractivity (Wildman–Crippen MR) is 119 cm³/mol. The van der Waals surface area contributed by atoms with E-state index in [0.717, 1.165) is 34.8 Å². The Morgan fingerprint density at radius 3 is 2.40 bits per heavy atom. The number of benzene rings is 2. The lowest BCUT2D eigenvalue weighted by molar-refractivity contribution is -0.143. The molecule has 0 fully saturated rings. The zero-order chi connectivity index (χ0) is 25.5. The summed E-state index contributed by atoms with van der Waals surface area (Å²) in [6.45, 7) is 2.00. The van der Waals surface area contributed by atoms with Crippen LogP contribution in [-0.4, -0.2) is 22.7 Å². The van der Waals surface area contributed by atoms with Gasteiger partial charge in [0.1, 0.15) is 18.4 Å². The number of carbonyl (C=O) groups excluding carboxylic acids is 1. The summed E-state index contributed by atoms with van der Waals surface area (Å²) >= 11 is 5.59. The quantitative estimate of drug-likeness (QED) is 0.307. The lowest BCUT2D eigenvalue weighted by Gasteiger charge is -2.35. The molecule has 2 aromatic carbocycles. The fraction of sp³-hybridized carbons (Fsp3) is 0.320. The molecular weight excluding hydrogens is 496 g/mol. The molecule has 10 heteroatoms. The number of ether oxygens (including phenoxy) is 1. The van der Waals surface area contributed by atoms with E-state index in [1.807, 2.05) is 24.1 Å². The van der Waals surface area contributed by atoms with Gasteiger partial charge in [0.25, 0.3) is 0 Å². The molecule has 0 saturated heterocycles. The molecule has 2 aromatic rings. The van der Waals surface area contributed by atoms with Crippen LogP contribution in [0.5, 0.6) is 5.75 Å². The Kier molecular flexibility index (Phi) is 6.66. The largest absolute Gasteiger partial charge is 0.489 e. The van der Waals surface area contributed by atoms with Crippen molar-refractivity contribution in [3.8, 4) is 5.75 Å². The zero-order valence-electron chi connectivity index (χ0n) is 18.4. The van der Waals surface area contributed by atoms with Gasteiger partial charge in [-0.3, -0.25) is 4.79 Å². The van der Waals surface area contributed by atoms with Gasteiger partial charge in [-0.2, -0.15) is 26.3 Å². The Hall–Kier alpha value is -2.94. The lowest BCUT2D eigenvalue weighted by atomic mass is 9.85. The highest BCUT2D eigenvalue weighted by Gasteiger charge is 2.38. The second-order valence-electron chi connectivity index (χ2n) is 8.47. The fourth-order valence-electron chi connectivity index (χ4n) is 4.27. The van der Waals surface area contributed by atoms with E-state index < -0.39 is 41.4 Å². The molecule has 1 unspecified atom stereocenters. The molecule has 0 saturated carbocycles. The van der Waals surface area contributed by atoms with Gasteiger partial charge >= 0.3 is 12.4 Å². The number of allylic oxidation sites excluding steroid dienone is 1. The van der Waals surface area contributed by atoms with Crippen LogP contribution in [0.4, 0.5) is 26.3 Å². The van der Waals surface area contributed by atoms with Crippen LogP contribution in [0.2, 0.25) is 0 Å². The molecule has 1 atom stereocenters. The Morgan fingerprint density at radius 1 is 1.06 bits per heavy atom.